The zero-order valence-electron chi connectivity index (χ0n) is 13.3. The van der Waals surface area contributed by atoms with Gasteiger partial charge < -0.3 is 15.5 Å². The molecule has 0 spiro atoms. The summed E-state index contributed by atoms with van der Waals surface area (Å²) >= 11 is 1.66. The van der Waals surface area contributed by atoms with Crippen molar-refractivity contribution in [1.82, 2.24) is 15.5 Å². The number of piperidine rings is 1. The Morgan fingerprint density at radius 3 is 2.76 bits per heavy atom. The lowest BCUT2D eigenvalue weighted by molar-refractivity contribution is -0.139. The van der Waals surface area contributed by atoms with Crippen LogP contribution in [0.5, 0.6) is 0 Å². The van der Waals surface area contributed by atoms with Crippen molar-refractivity contribution in [2.24, 2.45) is 5.41 Å². The number of carbonyl (C=O) groups excluding carboxylic acids is 2. The molecule has 2 amide bonds. The number of hydrogen-bond acceptors (Lipinski definition) is 4. The number of rotatable bonds is 3. The zero-order valence-corrected chi connectivity index (χ0v) is 14.1. The molecule has 0 radical (unpaired) electrons. The van der Waals surface area contributed by atoms with Crippen LogP contribution in [-0.2, 0) is 9.59 Å². The number of nitrogens with zero attached hydrogens (tertiary/aromatic N) is 1. The quantitative estimate of drug-likeness (QED) is 0.822. The van der Waals surface area contributed by atoms with Crippen LogP contribution in [0.3, 0.4) is 0 Å². The van der Waals surface area contributed by atoms with E-state index in [-0.39, 0.29) is 29.3 Å². The minimum absolute atomic E-state index is 0.0101. The Labute approximate surface area is 131 Å². The van der Waals surface area contributed by atoms with Gasteiger partial charge in [-0.2, -0.15) is 0 Å². The predicted molar refractivity (Wildman–Crippen MR) is 86.1 cm³/mol. The maximum absolute atomic E-state index is 12.4. The zero-order chi connectivity index (χ0) is 15.5. The molecule has 2 heterocycles. The highest BCUT2D eigenvalue weighted by molar-refractivity contribution is 7.99. The fraction of sp³-hybridized carbons (Fsp3) is 0.867. The van der Waals surface area contributed by atoms with Crippen molar-refractivity contribution in [2.75, 3.05) is 24.7 Å². The van der Waals surface area contributed by atoms with Crippen LogP contribution in [0.15, 0.2) is 0 Å². The van der Waals surface area contributed by atoms with Crippen LogP contribution in [0.2, 0.25) is 0 Å². The highest BCUT2D eigenvalue weighted by Crippen LogP contribution is 2.26. The molecule has 5 nitrogen and oxygen atoms in total. The lowest BCUT2D eigenvalue weighted by atomic mass is 9.91. The first-order valence-corrected chi connectivity index (χ1v) is 8.90. The Balaban J connectivity index is 1.91. The second kappa shape index (κ2) is 7.01. The molecule has 2 aliphatic heterocycles. The Bertz CT molecular complexity index is 389. The molecule has 0 bridgehead atoms. The molecule has 0 saturated carbocycles. The van der Waals surface area contributed by atoms with E-state index in [1.807, 2.05) is 0 Å². The van der Waals surface area contributed by atoms with Gasteiger partial charge in [0.25, 0.3) is 0 Å². The van der Waals surface area contributed by atoms with Gasteiger partial charge in [0.1, 0.15) is 6.04 Å². The first-order valence-electron chi connectivity index (χ1n) is 7.75. The second-order valence-corrected chi connectivity index (χ2v) is 8.17. The van der Waals surface area contributed by atoms with Crippen LogP contribution in [0.4, 0.5) is 0 Å². The lowest BCUT2D eigenvalue weighted by Crippen LogP contribution is -2.53. The summed E-state index contributed by atoms with van der Waals surface area (Å²) in [5.74, 6) is 1.45. The van der Waals surface area contributed by atoms with Crippen molar-refractivity contribution in [2.45, 2.75) is 52.1 Å². The molecule has 0 aromatic rings. The van der Waals surface area contributed by atoms with E-state index in [9.17, 15) is 9.59 Å². The summed E-state index contributed by atoms with van der Waals surface area (Å²) in [5, 5.41) is 6.40. The van der Waals surface area contributed by atoms with E-state index in [0.717, 1.165) is 25.9 Å². The van der Waals surface area contributed by atoms with Gasteiger partial charge in [-0.25, -0.2) is 0 Å². The van der Waals surface area contributed by atoms with Crippen LogP contribution < -0.4 is 10.6 Å². The van der Waals surface area contributed by atoms with Gasteiger partial charge >= 0.3 is 0 Å². The molecule has 1 unspecified atom stereocenters. The van der Waals surface area contributed by atoms with E-state index in [2.05, 4.69) is 31.4 Å². The molecule has 6 heteroatoms. The van der Waals surface area contributed by atoms with Crippen LogP contribution in [0.1, 0.15) is 40.0 Å². The number of nitrogens with one attached hydrogen (secondary N) is 2. The average Bonchev–Trinajstić information content (AvgIpc) is 2.87. The Kier molecular flexibility index (Phi) is 5.54. The fourth-order valence-corrected chi connectivity index (χ4v) is 3.91. The van der Waals surface area contributed by atoms with E-state index < -0.39 is 0 Å². The van der Waals surface area contributed by atoms with Gasteiger partial charge in [0.15, 0.2) is 0 Å². The minimum Gasteiger partial charge on any atom is -0.350 e. The van der Waals surface area contributed by atoms with Crippen LogP contribution in [0.25, 0.3) is 0 Å². The van der Waals surface area contributed by atoms with Crippen LogP contribution >= 0.6 is 11.8 Å². The molecule has 0 aliphatic carbocycles. The standard InChI is InChI=1S/C15H27N3O2S/c1-15(2,3)7-13(19)18-10-21-9-12(18)14(20)17-11-5-4-6-16-8-11/h11-12,16H,4-10H2,1-3H3,(H,17,20)/t11-,12?/m0/s1. The van der Waals surface area contributed by atoms with E-state index >= 15 is 0 Å². The first-order chi connectivity index (χ1) is 9.87. The average molecular weight is 313 g/mol. The normalized spacial score (nSPS) is 26.7. The maximum Gasteiger partial charge on any atom is 0.243 e. The lowest BCUT2D eigenvalue weighted by Gasteiger charge is -2.29. The second-order valence-electron chi connectivity index (χ2n) is 7.17. The summed E-state index contributed by atoms with van der Waals surface area (Å²) in [5.41, 5.74) is -0.0430. The summed E-state index contributed by atoms with van der Waals surface area (Å²) in [6, 6.07) is -0.0943. The smallest absolute Gasteiger partial charge is 0.243 e. The summed E-state index contributed by atoms with van der Waals surface area (Å²) in [6.45, 7) is 8.02. The van der Waals surface area contributed by atoms with Gasteiger partial charge in [0.2, 0.25) is 11.8 Å². The molecule has 2 N–H and O–H groups in total. The van der Waals surface area contributed by atoms with Crippen LogP contribution in [0, 0.1) is 5.41 Å². The first kappa shape index (κ1) is 16.6. The van der Waals surface area contributed by atoms with Gasteiger partial charge in [-0.3, -0.25) is 9.59 Å². The predicted octanol–water partition coefficient (Wildman–Crippen LogP) is 1.19. The molecular formula is C15H27N3O2S. The highest BCUT2D eigenvalue weighted by atomic mass is 32.2. The number of carbonyl (C=O) groups is 2. The number of thioether (sulfide) groups is 1. The SMILES string of the molecule is CC(C)(C)CC(=O)N1CSCC1C(=O)N[C@H]1CCCNC1. The Morgan fingerprint density at radius 2 is 2.14 bits per heavy atom. The van der Waals surface area contributed by atoms with Gasteiger partial charge in [-0.15, -0.1) is 11.8 Å². The molecule has 2 atom stereocenters. The summed E-state index contributed by atoms with van der Waals surface area (Å²) in [7, 11) is 0. The van der Waals surface area contributed by atoms with E-state index in [4.69, 9.17) is 0 Å². The highest BCUT2D eigenvalue weighted by Gasteiger charge is 2.36. The maximum atomic E-state index is 12.4. The topological polar surface area (TPSA) is 61.4 Å². The number of amides is 2. The monoisotopic (exact) mass is 313 g/mol. The van der Waals surface area contributed by atoms with Crippen molar-refractivity contribution < 1.29 is 9.59 Å². The number of hydrogen-bond donors (Lipinski definition) is 2. The van der Waals surface area contributed by atoms with Crippen molar-refractivity contribution in [3.8, 4) is 0 Å². The summed E-state index contributed by atoms with van der Waals surface area (Å²) in [4.78, 5) is 26.6. The molecule has 2 saturated heterocycles. The van der Waals surface area contributed by atoms with Gasteiger partial charge in [0, 0.05) is 24.8 Å². The van der Waals surface area contributed by atoms with Gasteiger partial charge in [-0.05, 0) is 24.8 Å². The molecule has 120 valence electrons. The fourth-order valence-electron chi connectivity index (χ4n) is 2.73. The molecule has 2 rings (SSSR count). The van der Waals surface area contributed by atoms with E-state index in [1.54, 1.807) is 16.7 Å². The van der Waals surface area contributed by atoms with Crippen molar-refractivity contribution >= 4 is 23.6 Å². The molecule has 0 aromatic carbocycles. The molecule has 21 heavy (non-hydrogen) atoms. The summed E-state index contributed by atoms with van der Waals surface area (Å²) < 4.78 is 0. The van der Waals surface area contributed by atoms with Crippen molar-refractivity contribution in [3.63, 3.8) is 0 Å². The minimum atomic E-state index is -0.299. The van der Waals surface area contributed by atoms with Gasteiger partial charge in [0.05, 0.1) is 5.88 Å². The molecule has 0 aromatic heterocycles. The van der Waals surface area contributed by atoms with Crippen molar-refractivity contribution in [3.05, 3.63) is 0 Å². The Morgan fingerprint density at radius 1 is 1.38 bits per heavy atom. The summed E-state index contributed by atoms with van der Waals surface area (Å²) in [6.07, 6.45) is 2.61. The third-order valence-electron chi connectivity index (χ3n) is 3.83. The molecule has 2 fully saturated rings. The van der Waals surface area contributed by atoms with E-state index in [1.165, 1.54) is 0 Å². The largest absolute Gasteiger partial charge is 0.350 e. The third kappa shape index (κ3) is 4.88. The van der Waals surface area contributed by atoms with E-state index in [0.29, 0.717) is 18.1 Å². The van der Waals surface area contributed by atoms with Crippen molar-refractivity contribution in [1.29, 1.82) is 0 Å². The van der Waals surface area contributed by atoms with Gasteiger partial charge in [-0.1, -0.05) is 20.8 Å². The third-order valence-corrected chi connectivity index (χ3v) is 4.84. The molecule has 2 aliphatic rings. The Hall–Kier alpha value is -0.750. The molecular weight excluding hydrogens is 286 g/mol. The van der Waals surface area contributed by atoms with Crippen LogP contribution in [-0.4, -0.2) is 53.5 Å².